The van der Waals surface area contributed by atoms with Crippen LogP contribution in [0.4, 0.5) is 0 Å². The minimum atomic E-state index is -0.250. The van der Waals surface area contributed by atoms with Gasteiger partial charge in [-0.25, -0.2) is 0 Å². The van der Waals surface area contributed by atoms with Crippen molar-refractivity contribution in [3.8, 4) is 11.5 Å². The summed E-state index contributed by atoms with van der Waals surface area (Å²) in [5, 5.41) is 9.01. The molecule has 0 amide bonds. The van der Waals surface area contributed by atoms with Gasteiger partial charge in [0.2, 0.25) is 0 Å². The third kappa shape index (κ3) is 4.04. The number of esters is 1. The maximum Gasteiger partial charge on any atom is 0.316 e. The standard InChI is InChI=1S/C14H18N4O2S/c1-4-18-13(11-7-5-6-8-15-11)16-17-14(18)21-9-12(19)20-10(2)3/h5-8,10H,4,9H2,1-3H3. The molecule has 2 aromatic heterocycles. The van der Waals surface area contributed by atoms with Crippen LogP contribution in [0.3, 0.4) is 0 Å². The monoisotopic (exact) mass is 306 g/mol. The number of carbonyl (C=O) groups is 1. The van der Waals surface area contributed by atoms with E-state index in [0.29, 0.717) is 17.5 Å². The summed E-state index contributed by atoms with van der Waals surface area (Å²) in [7, 11) is 0. The zero-order chi connectivity index (χ0) is 15.2. The minimum absolute atomic E-state index is 0.105. The predicted octanol–water partition coefficient (Wildman–Crippen LogP) is 2.40. The molecular formula is C14H18N4O2S. The Morgan fingerprint density at radius 3 is 2.81 bits per heavy atom. The predicted molar refractivity (Wildman–Crippen MR) is 80.9 cm³/mol. The molecule has 2 rings (SSSR count). The highest BCUT2D eigenvalue weighted by molar-refractivity contribution is 7.99. The van der Waals surface area contributed by atoms with E-state index in [2.05, 4.69) is 15.2 Å². The quantitative estimate of drug-likeness (QED) is 0.603. The van der Waals surface area contributed by atoms with Gasteiger partial charge < -0.3 is 9.30 Å². The first-order valence-corrected chi connectivity index (χ1v) is 7.77. The molecule has 112 valence electrons. The van der Waals surface area contributed by atoms with E-state index < -0.39 is 0 Å². The Morgan fingerprint density at radius 2 is 2.19 bits per heavy atom. The topological polar surface area (TPSA) is 69.9 Å². The molecule has 21 heavy (non-hydrogen) atoms. The van der Waals surface area contributed by atoms with Gasteiger partial charge >= 0.3 is 5.97 Å². The molecule has 6 nitrogen and oxygen atoms in total. The fraction of sp³-hybridized carbons (Fsp3) is 0.429. The van der Waals surface area contributed by atoms with Gasteiger partial charge in [-0.1, -0.05) is 17.8 Å². The second-order valence-corrected chi connectivity index (χ2v) is 5.54. The van der Waals surface area contributed by atoms with E-state index in [-0.39, 0.29) is 17.8 Å². The van der Waals surface area contributed by atoms with E-state index in [1.165, 1.54) is 11.8 Å². The van der Waals surface area contributed by atoms with Crippen LogP contribution in [0.25, 0.3) is 11.5 Å². The normalized spacial score (nSPS) is 10.9. The Kier molecular flexibility index (Phi) is 5.32. The van der Waals surface area contributed by atoms with Gasteiger partial charge in [-0.2, -0.15) is 0 Å². The molecule has 0 bridgehead atoms. The highest BCUT2D eigenvalue weighted by atomic mass is 32.2. The summed E-state index contributed by atoms with van der Waals surface area (Å²) in [5.74, 6) is 0.677. The summed E-state index contributed by atoms with van der Waals surface area (Å²) in [6.07, 6.45) is 1.61. The Balaban J connectivity index is 2.11. The summed E-state index contributed by atoms with van der Waals surface area (Å²) in [6.45, 7) is 6.37. The van der Waals surface area contributed by atoms with Crippen LogP contribution < -0.4 is 0 Å². The molecule has 0 N–H and O–H groups in total. The lowest BCUT2D eigenvalue weighted by Crippen LogP contribution is -2.13. The maximum atomic E-state index is 11.6. The van der Waals surface area contributed by atoms with Crippen LogP contribution in [-0.4, -0.2) is 37.6 Å². The van der Waals surface area contributed by atoms with E-state index >= 15 is 0 Å². The van der Waals surface area contributed by atoms with Crippen molar-refractivity contribution in [2.24, 2.45) is 0 Å². The molecule has 0 saturated carbocycles. The SMILES string of the molecule is CCn1c(SCC(=O)OC(C)C)nnc1-c1ccccn1. The fourth-order valence-electron chi connectivity index (χ4n) is 1.79. The Morgan fingerprint density at radius 1 is 1.38 bits per heavy atom. The number of nitrogens with zero attached hydrogens (tertiary/aromatic N) is 4. The fourth-order valence-corrected chi connectivity index (χ4v) is 2.57. The number of hydrogen-bond donors (Lipinski definition) is 0. The van der Waals surface area contributed by atoms with Gasteiger partial charge in [0.05, 0.1) is 11.9 Å². The van der Waals surface area contributed by atoms with Crippen molar-refractivity contribution >= 4 is 17.7 Å². The number of hydrogen-bond acceptors (Lipinski definition) is 6. The number of carbonyl (C=O) groups excluding carboxylic acids is 1. The summed E-state index contributed by atoms with van der Waals surface area (Å²) in [5.41, 5.74) is 0.767. The Bertz CT molecular complexity index is 598. The van der Waals surface area contributed by atoms with Gasteiger partial charge in [0.1, 0.15) is 5.69 Å². The van der Waals surface area contributed by atoms with E-state index in [1.807, 2.05) is 43.5 Å². The number of aromatic nitrogens is 4. The van der Waals surface area contributed by atoms with Crippen LogP contribution in [0.5, 0.6) is 0 Å². The van der Waals surface area contributed by atoms with E-state index in [4.69, 9.17) is 4.74 Å². The van der Waals surface area contributed by atoms with Crippen molar-refractivity contribution in [2.75, 3.05) is 5.75 Å². The van der Waals surface area contributed by atoms with Crippen molar-refractivity contribution in [1.82, 2.24) is 19.7 Å². The number of rotatable bonds is 6. The van der Waals surface area contributed by atoms with Gasteiger partial charge in [-0.05, 0) is 32.9 Å². The third-order valence-corrected chi connectivity index (χ3v) is 3.55. The van der Waals surface area contributed by atoms with Gasteiger partial charge in [0.25, 0.3) is 0 Å². The molecule has 0 atom stereocenters. The van der Waals surface area contributed by atoms with Crippen LogP contribution in [0.2, 0.25) is 0 Å². The summed E-state index contributed by atoms with van der Waals surface area (Å²) in [4.78, 5) is 15.9. The largest absolute Gasteiger partial charge is 0.462 e. The van der Waals surface area contributed by atoms with Crippen molar-refractivity contribution in [1.29, 1.82) is 0 Å². The zero-order valence-corrected chi connectivity index (χ0v) is 13.1. The molecule has 0 aromatic carbocycles. The van der Waals surface area contributed by atoms with E-state index in [9.17, 15) is 4.79 Å². The minimum Gasteiger partial charge on any atom is -0.462 e. The maximum absolute atomic E-state index is 11.6. The molecule has 2 heterocycles. The first-order chi connectivity index (χ1) is 10.1. The molecule has 0 aliphatic heterocycles. The number of ether oxygens (including phenoxy) is 1. The van der Waals surface area contributed by atoms with Crippen molar-refractivity contribution in [3.63, 3.8) is 0 Å². The Labute approximate surface area is 127 Å². The number of thioether (sulfide) groups is 1. The second-order valence-electron chi connectivity index (χ2n) is 4.59. The molecule has 0 spiro atoms. The first kappa shape index (κ1) is 15.5. The average molecular weight is 306 g/mol. The smallest absolute Gasteiger partial charge is 0.316 e. The summed E-state index contributed by atoms with van der Waals surface area (Å²) < 4.78 is 7.05. The van der Waals surface area contributed by atoms with Crippen LogP contribution >= 0.6 is 11.8 Å². The van der Waals surface area contributed by atoms with E-state index in [0.717, 1.165) is 5.69 Å². The lowest BCUT2D eigenvalue weighted by Gasteiger charge is -2.08. The molecule has 0 unspecified atom stereocenters. The van der Waals surface area contributed by atoms with Crippen molar-refractivity contribution in [3.05, 3.63) is 24.4 Å². The molecule has 7 heteroatoms. The van der Waals surface area contributed by atoms with Gasteiger partial charge in [0, 0.05) is 12.7 Å². The molecule has 0 aliphatic rings. The van der Waals surface area contributed by atoms with Crippen LogP contribution in [0.15, 0.2) is 29.6 Å². The highest BCUT2D eigenvalue weighted by Gasteiger charge is 2.15. The van der Waals surface area contributed by atoms with Crippen LogP contribution in [0, 0.1) is 0 Å². The van der Waals surface area contributed by atoms with E-state index in [1.54, 1.807) is 6.20 Å². The average Bonchev–Trinajstić information content (AvgIpc) is 2.88. The highest BCUT2D eigenvalue weighted by Crippen LogP contribution is 2.22. The van der Waals surface area contributed by atoms with Crippen molar-refractivity contribution < 1.29 is 9.53 Å². The van der Waals surface area contributed by atoms with Crippen molar-refractivity contribution in [2.45, 2.75) is 38.6 Å². The molecule has 0 fully saturated rings. The molecule has 2 aromatic rings. The second kappa shape index (κ2) is 7.21. The lowest BCUT2D eigenvalue weighted by atomic mass is 10.3. The summed E-state index contributed by atoms with van der Waals surface area (Å²) in [6, 6.07) is 5.65. The van der Waals surface area contributed by atoms with Gasteiger partial charge in [-0.15, -0.1) is 10.2 Å². The van der Waals surface area contributed by atoms with Gasteiger partial charge in [0.15, 0.2) is 11.0 Å². The molecule has 0 saturated heterocycles. The first-order valence-electron chi connectivity index (χ1n) is 6.78. The lowest BCUT2D eigenvalue weighted by molar-refractivity contribution is -0.144. The number of pyridine rings is 1. The zero-order valence-electron chi connectivity index (χ0n) is 12.3. The van der Waals surface area contributed by atoms with Crippen LogP contribution in [-0.2, 0) is 16.1 Å². The summed E-state index contributed by atoms with van der Waals surface area (Å²) >= 11 is 1.32. The van der Waals surface area contributed by atoms with Gasteiger partial charge in [-0.3, -0.25) is 9.78 Å². The van der Waals surface area contributed by atoms with Crippen LogP contribution in [0.1, 0.15) is 20.8 Å². The Hall–Kier alpha value is -1.89. The third-order valence-electron chi connectivity index (χ3n) is 2.61. The molecule has 0 radical (unpaired) electrons. The molecular weight excluding hydrogens is 288 g/mol. The molecule has 0 aliphatic carbocycles.